The molecule has 1 aliphatic heterocycles. The topological polar surface area (TPSA) is 67.9 Å². The zero-order valence-corrected chi connectivity index (χ0v) is 16.1. The van der Waals surface area contributed by atoms with Gasteiger partial charge in [0.1, 0.15) is 6.26 Å². The van der Waals surface area contributed by atoms with Gasteiger partial charge in [-0.25, -0.2) is 0 Å². The molecule has 0 aliphatic carbocycles. The first-order valence-corrected chi connectivity index (χ1v) is 9.29. The Hall–Kier alpha value is -3.08. The maximum absolute atomic E-state index is 11.7. The monoisotopic (exact) mass is 394 g/mol. The Kier molecular flexibility index (Phi) is 5.15. The molecule has 1 amide bonds. The number of morpholine rings is 1. The van der Waals surface area contributed by atoms with Crippen LogP contribution < -0.4 is 10.2 Å². The first-order chi connectivity index (χ1) is 13.7. The fourth-order valence-corrected chi connectivity index (χ4v) is 3.35. The minimum atomic E-state index is -0.358. The predicted octanol–water partition coefficient (Wildman–Crippen LogP) is 4.22. The summed E-state index contributed by atoms with van der Waals surface area (Å²) < 4.78 is 17.9. The summed E-state index contributed by atoms with van der Waals surface area (Å²) >= 11 is 5.50. The van der Waals surface area contributed by atoms with Crippen LogP contribution in [0.1, 0.15) is 6.92 Å². The van der Waals surface area contributed by atoms with Crippen molar-refractivity contribution in [2.45, 2.75) is 6.92 Å². The molecule has 1 aliphatic rings. The number of anilines is 2. The van der Waals surface area contributed by atoms with E-state index >= 15 is 0 Å². The molecule has 28 heavy (non-hydrogen) atoms. The van der Waals surface area contributed by atoms with Crippen LogP contribution >= 0.6 is 12.2 Å². The number of furan rings is 1. The lowest BCUT2D eigenvalue weighted by Crippen LogP contribution is -2.36. The van der Waals surface area contributed by atoms with E-state index in [1.54, 1.807) is 19.3 Å². The molecule has 1 fully saturated rings. The highest BCUT2D eigenvalue weighted by molar-refractivity contribution is 7.71. The first-order valence-electron chi connectivity index (χ1n) is 8.88. The molecule has 0 atom stereocenters. The second-order valence-electron chi connectivity index (χ2n) is 6.27. The molecule has 7 heteroatoms. The number of hydrogen-bond donors (Lipinski definition) is 1. The van der Waals surface area contributed by atoms with Crippen LogP contribution in [0, 0.1) is 16.4 Å². The minimum absolute atomic E-state index is 0.358. The van der Waals surface area contributed by atoms with Gasteiger partial charge >= 0.3 is 0 Å². The highest BCUT2D eigenvalue weighted by Crippen LogP contribution is 2.35. The van der Waals surface area contributed by atoms with Crippen molar-refractivity contribution in [2.24, 2.45) is 0 Å². The van der Waals surface area contributed by atoms with Gasteiger partial charge in [0.25, 0.3) is 5.91 Å². The van der Waals surface area contributed by atoms with E-state index in [2.05, 4.69) is 22.1 Å². The van der Waals surface area contributed by atoms with Crippen LogP contribution in [-0.4, -0.2) is 32.2 Å². The summed E-state index contributed by atoms with van der Waals surface area (Å²) in [5.41, 5.74) is 3.38. The van der Waals surface area contributed by atoms with Gasteiger partial charge in [-0.1, -0.05) is 30.3 Å². The predicted molar refractivity (Wildman–Crippen MR) is 110 cm³/mol. The van der Waals surface area contributed by atoms with Crippen LogP contribution in [-0.2, 0) is 9.53 Å². The zero-order valence-electron chi connectivity index (χ0n) is 15.3. The first kappa shape index (κ1) is 18.3. The average Bonchev–Trinajstić information content (AvgIpc) is 3.14. The molecular formula is C21H18N2O4S. The molecule has 0 bridgehead atoms. The number of benzene rings is 1. The third-order valence-electron chi connectivity index (χ3n) is 4.42. The Morgan fingerprint density at radius 1 is 1.21 bits per heavy atom. The van der Waals surface area contributed by atoms with Gasteiger partial charge in [0.15, 0.2) is 17.1 Å². The number of rotatable bonds is 3. The van der Waals surface area contributed by atoms with Crippen molar-refractivity contribution < 1.29 is 18.4 Å². The summed E-state index contributed by atoms with van der Waals surface area (Å²) in [6.45, 7) is 4.42. The van der Waals surface area contributed by atoms with Gasteiger partial charge in [0, 0.05) is 24.8 Å². The third-order valence-corrected chi connectivity index (χ3v) is 4.73. The van der Waals surface area contributed by atoms with Crippen molar-refractivity contribution in [3.05, 3.63) is 41.1 Å². The van der Waals surface area contributed by atoms with Gasteiger partial charge in [-0.15, -0.1) is 0 Å². The molecule has 0 radical (unpaired) electrons. The molecule has 142 valence electrons. The van der Waals surface area contributed by atoms with E-state index in [-0.39, 0.29) is 5.91 Å². The second kappa shape index (κ2) is 7.89. The van der Waals surface area contributed by atoms with Crippen LogP contribution in [0.2, 0.25) is 0 Å². The van der Waals surface area contributed by atoms with Crippen molar-refractivity contribution in [1.82, 2.24) is 0 Å². The van der Waals surface area contributed by atoms with E-state index in [1.165, 1.54) is 0 Å². The summed E-state index contributed by atoms with van der Waals surface area (Å²) in [7, 11) is 0. The van der Waals surface area contributed by atoms with Gasteiger partial charge in [0.05, 0.1) is 23.3 Å². The quantitative estimate of drug-likeness (QED) is 0.530. The summed E-state index contributed by atoms with van der Waals surface area (Å²) in [4.78, 5) is 13.8. The Bertz CT molecular complexity index is 1150. The molecule has 0 spiro atoms. The van der Waals surface area contributed by atoms with Crippen molar-refractivity contribution in [1.29, 1.82) is 0 Å². The van der Waals surface area contributed by atoms with Crippen LogP contribution in [0.4, 0.5) is 11.6 Å². The molecular weight excluding hydrogens is 376 g/mol. The van der Waals surface area contributed by atoms with E-state index in [1.807, 2.05) is 24.3 Å². The Morgan fingerprint density at radius 2 is 2.04 bits per heavy atom. The maximum atomic E-state index is 11.7. The number of fused-ring (bicyclic) bond motifs is 1. The van der Waals surface area contributed by atoms with Crippen LogP contribution in [0.3, 0.4) is 0 Å². The van der Waals surface area contributed by atoms with Gasteiger partial charge in [-0.2, -0.15) is 0 Å². The van der Waals surface area contributed by atoms with E-state index in [0.717, 1.165) is 24.2 Å². The second-order valence-corrected chi connectivity index (χ2v) is 6.71. The normalized spacial score (nSPS) is 13.8. The van der Waals surface area contributed by atoms with Crippen molar-refractivity contribution in [3.8, 4) is 23.0 Å². The Labute approximate surface area is 167 Å². The van der Waals surface area contributed by atoms with E-state index in [0.29, 0.717) is 40.5 Å². The lowest BCUT2D eigenvalue weighted by molar-refractivity contribution is -0.111. The molecule has 1 saturated heterocycles. The molecule has 6 nitrogen and oxygen atoms in total. The SMILES string of the molecule is CC#CC(=O)Nc1cccc(-c2coc3c(=S)cc(N4CCOCC4)oc23)c1. The summed E-state index contributed by atoms with van der Waals surface area (Å²) in [5, 5.41) is 2.75. The molecule has 3 aromatic rings. The summed E-state index contributed by atoms with van der Waals surface area (Å²) in [5.74, 6) is 5.39. The van der Waals surface area contributed by atoms with Crippen LogP contribution in [0.5, 0.6) is 0 Å². The third kappa shape index (κ3) is 3.65. The number of amides is 1. The lowest BCUT2D eigenvalue weighted by atomic mass is 10.1. The number of carbonyl (C=O) groups is 1. The molecule has 1 aromatic carbocycles. The molecule has 0 saturated carbocycles. The maximum Gasteiger partial charge on any atom is 0.300 e. The Morgan fingerprint density at radius 3 is 2.82 bits per heavy atom. The summed E-state index contributed by atoms with van der Waals surface area (Å²) in [6.07, 6.45) is 1.62. The number of nitrogens with zero attached hydrogens (tertiary/aromatic N) is 1. The molecule has 2 aromatic heterocycles. The fraction of sp³-hybridized carbons (Fsp3) is 0.238. The Balaban J connectivity index is 1.74. The largest absolute Gasteiger partial charge is 0.459 e. The van der Waals surface area contributed by atoms with Crippen LogP contribution in [0.25, 0.3) is 22.3 Å². The van der Waals surface area contributed by atoms with Crippen molar-refractivity contribution in [3.63, 3.8) is 0 Å². The highest BCUT2D eigenvalue weighted by atomic mass is 32.1. The summed E-state index contributed by atoms with van der Waals surface area (Å²) in [6, 6.07) is 9.24. The van der Waals surface area contributed by atoms with Crippen molar-refractivity contribution >= 4 is 40.9 Å². The van der Waals surface area contributed by atoms with Crippen molar-refractivity contribution in [2.75, 3.05) is 36.5 Å². The van der Waals surface area contributed by atoms with E-state index < -0.39 is 0 Å². The number of nitrogens with one attached hydrogen (secondary N) is 1. The van der Waals surface area contributed by atoms with Gasteiger partial charge < -0.3 is 23.8 Å². The number of hydrogen-bond acceptors (Lipinski definition) is 6. The smallest absolute Gasteiger partial charge is 0.300 e. The molecule has 3 heterocycles. The number of ether oxygens (including phenoxy) is 1. The minimum Gasteiger partial charge on any atom is -0.459 e. The van der Waals surface area contributed by atoms with Gasteiger partial charge in [-0.3, -0.25) is 4.79 Å². The molecule has 4 rings (SSSR count). The zero-order chi connectivity index (χ0) is 19.5. The fourth-order valence-electron chi connectivity index (χ4n) is 3.11. The average molecular weight is 394 g/mol. The van der Waals surface area contributed by atoms with Crippen LogP contribution in [0.15, 0.2) is 45.4 Å². The molecule has 0 unspecified atom stereocenters. The standard InChI is InChI=1S/C21H18N2O4S/c1-2-4-18(24)22-15-6-3-5-14(11-15)16-13-26-21-17(28)12-19(27-20(16)21)23-7-9-25-10-8-23/h3,5-6,11-13H,7-10H2,1H3,(H,22,24). The van der Waals surface area contributed by atoms with E-state index in [9.17, 15) is 4.79 Å². The highest BCUT2D eigenvalue weighted by Gasteiger charge is 2.18. The number of carbonyl (C=O) groups excluding carboxylic acids is 1. The van der Waals surface area contributed by atoms with Gasteiger partial charge in [0.2, 0.25) is 0 Å². The molecule has 1 N–H and O–H groups in total. The lowest BCUT2D eigenvalue weighted by Gasteiger charge is -2.27. The van der Waals surface area contributed by atoms with Gasteiger partial charge in [-0.05, 0) is 30.5 Å². The van der Waals surface area contributed by atoms with E-state index in [4.69, 9.17) is 25.8 Å².